The molecule has 0 aromatic heterocycles. The number of rotatable bonds is 8. The van der Waals surface area contributed by atoms with Crippen LogP contribution in [0, 0.1) is 5.92 Å². The molecule has 0 saturated heterocycles. The summed E-state index contributed by atoms with van der Waals surface area (Å²) in [4.78, 5) is 14.0. The zero-order chi connectivity index (χ0) is 14.1. The van der Waals surface area contributed by atoms with Crippen LogP contribution in [0.25, 0.3) is 0 Å². The maximum absolute atomic E-state index is 12.1. The van der Waals surface area contributed by atoms with Crippen LogP contribution >= 0.6 is 0 Å². The summed E-state index contributed by atoms with van der Waals surface area (Å²) in [5, 5.41) is 0. The van der Waals surface area contributed by atoms with Crippen LogP contribution in [0.1, 0.15) is 52.4 Å². The highest BCUT2D eigenvalue weighted by Gasteiger charge is 2.21. The van der Waals surface area contributed by atoms with E-state index in [9.17, 15) is 4.79 Å². The molecule has 4 heteroatoms. The molecule has 1 fully saturated rings. The Morgan fingerprint density at radius 3 is 2.79 bits per heavy atom. The first kappa shape index (κ1) is 16.4. The number of nitrogens with zero attached hydrogens (tertiary/aromatic N) is 1. The summed E-state index contributed by atoms with van der Waals surface area (Å²) in [6.07, 6.45) is 6.38. The molecule has 1 aliphatic rings. The van der Waals surface area contributed by atoms with Crippen molar-refractivity contribution in [2.75, 3.05) is 26.3 Å². The van der Waals surface area contributed by atoms with E-state index in [0.29, 0.717) is 38.1 Å². The van der Waals surface area contributed by atoms with Gasteiger partial charge in [0.15, 0.2) is 0 Å². The van der Waals surface area contributed by atoms with Gasteiger partial charge in [-0.15, -0.1) is 0 Å². The molecule has 0 aromatic rings. The molecule has 1 amide bonds. The summed E-state index contributed by atoms with van der Waals surface area (Å²) < 4.78 is 5.31. The number of carbonyl (C=O) groups excluding carboxylic acids is 1. The average Bonchev–Trinajstić information content (AvgIpc) is 2.41. The van der Waals surface area contributed by atoms with Crippen LogP contribution in [-0.4, -0.2) is 43.2 Å². The Labute approximate surface area is 117 Å². The fraction of sp³-hybridized carbons (Fsp3) is 0.933. The van der Waals surface area contributed by atoms with Crippen molar-refractivity contribution >= 4 is 5.91 Å². The van der Waals surface area contributed by atoms with Gasteiger partial charge >= 0.3 is 0 Å². The van der Waals surface area contributed by atoms with Crippen LogP contribution in [0.4, 0.5) is 0 Å². The summed E-state index contributed by atoms with van der Waals surface area (Å²) >= 11 is 0. The molecule has 2 atom stereocenters. The molecule has 0 heterocycles. The van der Waals surface area contributed by atoms with Crippen LogP contribution < -0.4 is 5.73 Å². The molecule has 1 rings (SSSR count). The standard InChI is InChI=1S/C15H30N2O2/c1-3-17(10-11-19-4-2)15(18)9-8-13-6-5-7-14(16)12-13/h13-14H,3-12,16H2,1-2H3. The summed E-state index contributed by atoms with van der Waals surface area (Å²) in [5.41, 5.74) is 5.99. The van der Waals surface area contributed by atoms with E-state index in [0.717, 1.165) is 25.8 Å². The number of likely N-dealkylation sites (N-methyl/N-ethyl adjacent to an activating group) is 1. The summed E-state index contributed by atoms with van der Waals surface area (Å²) in [6, 6.07) is 0.356. The zero-order valence-electron chi connectivity index (χ0n) is 12.6. The predicted molar refractivity (Wildman–Crippen MR) is 77.9 cm³/mol. The topological polar surface area (TPSA) is 55.6 Å². The maximum Gasteiger partial charge on any atom is 0.222 e. The Bertz CT molecular complexity index is 259. The molecule has 0 aromatic carbocycles. The van der Waals surface area contributed by atoms with Gasteiger partial charge in [0.25, 0.3) is 0 Å². The molecule has 0 spiro atoms. The van der Waals surface area contributed by atoms with Gasteiger partial charge in [0.1, 0.15) is 0 Å². The van der Waals surface area contributed by atoms with Gasteiger partial charge in [-0.3, -0.25) is 4.79 Å². The van der Waals surface area contributed by atoms with Gasteiger partial charge in [0.2, 0.25) is 5.91 Å². The third-order valence-electron chi connectivity index (χ3n) is 4.03. The van der Waals surface area contributed by atoms with E-state index in [1.165, 1.54) is 12.8 Å². The van der Waals surface area contributed by atoms with E-state index >= 15 is 0 Å². The third-order valence-corrected chi connectivity index (χ3v) is 4.03. The molecule has 112 valence electrons. The van der Waals surface area contributed by atoms with Crippen molar-refractivity contribution in [1.82, 2.24) is 4.90 Å². The SMILES string of the molecule is CCOCCN(CC)C(=O)CCC1CCCC(N)C1. The van der Waals surface area contributed by atoms with E-state index in [1.54, 1.807) is 0 Å². The Balaban J connectivity index is 2.23. The van der Waals surface area contributed by atoms with Crippen molar-refractivity contribution in [3.63, 3.8) is 0 Å². The second-order valence-electron chi connectivity index (χ2n) is 5.50. The summed E-state index contributed by atoms with van der Waals surface area (Å²) in [6.45, 7) is 6.85. The number of amides is 1. The van der Waals surface area contributed by atoms with Gasteiger partial charge in [0.05, 0.1) is 6.61 Å². The molecular weight excluding hydrogens is 240 g/mol. The van der Waals surface area contributed by atoms with Gasteiger partial charge < -0.3 is 15.4 Å². The third kappa shape index (κ3) is 6.39. The van der Waals surface area contributed by atoms with E-state index in [-0.39, 0.29) is 5.91 Å². The first-order valence-corrected chi connectivity index (χ1v) is 7.78. The van der Waals surface area contributed by atoms with Gasteiger partial charge in [-0.25, -0.2) is 0 Å². The van der Waals surface area contributed by atoms with E-state index < -0.39 is 0 Å². The normalized spacial score (nSPS) is 23.3. The molecule has 2 unspecified atom stereocenters. The summed E-state index contributed by atoms with van der Waals surface area (Å²) in [7, 11) is 0. The molecule has 4 nitrogen and oxygen atoms in total. The second-order valence-corrected chi connectivity index (χ2v) is 5.50. The monoisotopic (exact) mass is 270 g/mol. The minimum atomic E-state index is 0.265. The highest BCUT2D eigenvalue weighted by Crippen LogP contribution is 2.27. The molecule has 1 aliphatic carbocycles. The van der Waals surface area contributed by atoms with Crippen LogP contribution in [0.15, 0.2) is 0 Å². The minimum absolute atomic E-state index is 0.265. The average molecular weight is 270 g/mol. The van der Waals surface area contributed by atoms with Crippen LogP contribution in [0.5, 0.6) is 0 Å². The quantitative estimate of drug-likeness (QED) is 0.688. The highest BCUT2D eigenvalue weighted by atomic mass is 16.5. The lowest BCUT2D eigenvalue weighted by Gasteiger charge is -2.27. The number of nitrogens with two attached hydrogens (primary N) is 1. The van der Waals surface area contributed by atoms with Gasteiger partial charge in [0, 0.05) is 32.2 Å². The van der Waals surface area contributed by atoms with Crippen molar-refractivity contribution in [3.8, 4) is 0 Å². The summed E-state index contributed by atoms with van der Waals surface area (Å²) in [5.74, 6) is 0.916. The van der Waals surface area contributed by atoms with E-state index in [2.05, 4.69) is 0 Å². The molecule has 0 aliphatic heterocycles. The lowest BCUT2D eigenvalue weighted by Crippen LogP contribution is -2.34. The fourth-order valence-corrected chi connectivity index (χ4v) is 2.86. The molecule has 0 radical (unpaired) electrons. The first-order valence-electron chi connectivity index (χ1n) is 7.78. The van der Waals surface area contributed by atoms with Crippen LogP contribution in [0.3, 0.4) is 0 Å². The number of hydrogen-bond acceptors (Lipinski definition) is 3. The first-order chi connectivity index (χ1) is 9.17. The molecule has 2 N–H and O–H groups in total. The maximum atomic E-state index is 12.1. The minimum Gasteiger partial charge on any atom is -0.380 e. The predicted octanol–water partition coefficient (Wildman–Crippen LogP) is 2.17. The lowest BCUT2D eigenvalue weighted by atomic mass is 9.83. The van der Waals surface area contributed by atoms with Gasteiger partial charge in [-0.05, 0) is 39.0 Å². The van der Waals surface area contributed by atoms with Crippen molar-refractivity contribution < 1.29 is 9.53 Å². The zero-order valence-corrected chi connectivity index (χ0v) is 12.6. The number of hydrogen-bond donors (Lipinski definition) is 1. The largest absolute Gasteiger partial charge is 0.380 e. The van der Waals surface area contributed by atoms with Crippen molar-refractivity contribution in [2.45, 2.75) is 58.4 Å². The molecule has 0 bridgehead atoms. The Hall–Kier alpha value is -0.610. The fourth-order valence-electron chi connectivity index (χ4n) is 2.86. The Morgan fingerprint density at radius 2 is 2.16 bits per heavy atom. The van der Waals surface area contributed by atoms with Gasteiger partial charge in [-0.1, -0.05) is 12.8 Å². The molecule has 19 heavy (non-hydrogen) atoms. The second kappa shape index (κ2) is 9.32. The number of carbonyl (C=O) groups is 1. The van der Waals surface area contributed by atoms with Crippen molar-refractivity contribution in [2.24, 2.45) is 11.7 Å². The molecular formula is C15H30N2O2. The number of ether oxygens (including phenoxy) is 1. The van der Waals surface area contributed by atoms with Crippen LogP contribution in [-0.2, 0) is 9.53 Å². The van der Waals surface area contributed by atoms with Crippen molar-refractivity contribution in [3.05, 3.63) is 0 Å². The van der Waals surface area contributed by atoms with Crippen LogP contribution in [0.2, 0.25) is 0 Å². The highest BCUT2D eigenvalue weighted by molar-refractivity contribution is 5.76. The Kier molecular flexibility index (Phi) is 8.07. The van der Waals surface area contributed by atoms with E-state index in [1.807, 2.05) is 18.7 Å². The smallest absolute Gasteiger partial charge is 0.222 e. The van der Waals surface area contributed by atoms with E-state index in [4.69, 9.17) is 10.5 Å². The van der Waals surface area contributed by atoms with Crippen molar-refractivity contribution in [1.29, 1.82) is 0 Å². The molecule has 1 saturated carbocycles. The Morgan fingerprint density at radius 1 is 1.37 bits per heavy atom. The lowest BCUT2D eigenvalue weighted by molar-refractivity contribution is -0.132. The van der Waals surface area contributed by atoms with Gasteiger partial charge in [-0.2, -0.15) is 0 Å².